The normalized spacial score (nSPS) is 11.5. The van der Waals surface area contributed by atoms with E-state index in [1.807, 2.05) is 52.9 Å². The second-order valence-electron chi connectivity index (χ2n) is 8.71. The van der Waals surface area contributed by atoms with E-state index in [1.165, 1.54) is 6.20 Å². The first-order valence-corrected chi connectivity index (χ1v) is 12.1. The van der Waals surface area contributed by atoms with Crippen molar-refractivity contribution in [2.45, 2.75) is 26.3 Å². The van der Waals surface area contributed by atoms with Gasteiger partial charge in [0.25, 0.3) is 0 Å². The standard InChI is InChI=1S/C26H29FN8O2/c1-17-19-9-8-18(14-24(19)35(33-17)11-4-12-36)30-26-28-16-21(27)25(31-26)34(10-5-13-37-2)23-7-3-6-22-20(23)15-29-32-22/h3,6-9,14-16,36H,4-5,10-13H2,1-2H3,(H,29,32)(H,28,30,31). The van der Waals surface area contributed by atoms with Crippen LogP contribution in [0, 0.1) is 12.7 Å². The van der Waals surface area contributed by atoms with Crippen LogP contribution < -0.4 is 10.2 Å². The van der Waals surface area contributed by atoms with Crippen LogP contribution in [-0.2, 0) is 11.3 Å². The molecule has 192 valence electrons. The topological polar surface area (TPSA) is 117 Å². The number of benzene rings is 2. The van der Waals surface area contributed by atoms with Gasteiger partial charge in [0.15, 0.2) is 11.6 Å². The summed E-state index contributed by atoms with van der Waals surface area (Å²) >= 11 is 0. The second-order valence-corrected chi connectivity index (χ2v) is 8.71. The van der Waals surface area contributed by atoms with E-state index < -0.39 is 5.82 Å². The highest BCUT2D eigenvalue weighted by atomic mass is 19.1. The first-order valence-electron chi connectivity index (χ1n) is 12.1. The van der Waals surface area contributed by atoms with E-state index in [2.05, 4.69) is 30.6 Å². The van der Waals surface area contributed by atoms with Crippen LogP contribution in [0.25, 0.3) is 21.8 Å². The Morgan fingerprint density at radius 3 is 2.89 bits per heavy atom. The molecule has 0 amide bonds. The van der Waals surface area contributed by atoms with Crippen LogP contribution in [0.2, 0.25) is 0 Å². The molecular formula is C26H29FN8O2. The zero-order chi connectivity index (χ0) is 25.8. The molecule has 0 atom stereocenters. The number of halogens is 1. The van der Waals surface area contributed by atoms with Gasteiger partial charge >= 0.3 is 0 Å². The van der Waals surface area contributed by atoms with Crippen LogP contribution in [0.3, 0.4) is 0 Å². The molecule has 5 aromatic rings. The molecule has 0 aliphatic carbocycles. The van der Waals surface area contributed by atoms with Gasteiger partial charge in [0, 0.05) is 49.9 Å². The average molecular weight is 505 g/mol. The fraction of sp³-hybridized carbons (Fsp3) is 0.308. The summed E-state index contributed by atoms with van der Waals surface area (Å²) in [4.78, 5) is 10.6. The van der Waals surface area contributed by atoms with Crippen molar-refractivity contribution in [3.8, 4) is 0 Å². The first-order chi connectivity index (χ1) is 18.1. The lowest BCUT2D eigenvalue weighted by Gasteiger charge is -2.25. The predicted octanol–water partition coefficient (Wildman–Crippen LogP) is 4.45. The number of fused-ring (bicyclic) bond motifs is 2. The van der Waals surface area contributed by atoms with E-state index in [-0.39, 0.29) is 18.4 Å². The van der Waals surface area contributed by atoms with Crippen molar-refractivity contribution < 1.29 is 14.2 Å². The number of nitrogens with zero attached hydrogens (tertiary/aromatic N) is 6. The highest BCUT2D eigenvalue weighted by molar-refractivity contribution is 5.93. The number of ether oxygens (including phenoxy) is 1. The number of aliphatic hydroxyl groups excluding tert-OH is 1. The Hall–Kier alpha value is -4.09. The molecule has 0 saturated heterocycles. The van der Waals surface area contributed by atoms with Gasteiger partial charge in [0.05, 0.1) is 34.8 Å². The highest BCUT2D eigenvalue weighted by Gasteiger charge is 2.20. The van der Waals surface area contributed by atoms with Crippen LogP contribution in [-0.4, -0.2) is 61.9 Å². The highest BCUT2D eigenvalue weighted by Crippen LogP contribution is 2.33. The van der Waals surface area contributed by atoms with E-state index in [1.54, 1.807) is 13.3 Å². The minimum atomic E-state index is -0.531. The zero-order valence-electron chi connectivity index (χ0n) is 20.8. The summed E-state index contributed by atoms with van der Waals surface area (Å²) in [6, 6.07) is 11.6. The number of anilines is 4. The molecule has 3 heterocycles. The lowest BCUT2D eigenvalue weighted by atomic mass is 10.2. The number of rotatable bonds is 11. The fourth-order valence-corrected chi connectivity index (χ4v) is 4.44. The van der Waals surface area contributed by atoms with Gasteiger partial charge in [0.1, 0.15) is 0 Å². The minimum absolute atomic E-state index is 0.0952. The maximum atomic E-state index is 15.2. The van der Waals surface area contributed by atoms with Crippen molar-refractivity contribution in [1.29, 1.82) is 0 Å². The van der Waals surface area contributed by atoms with Gasteiger partial charge in [-0.05, 0) is 50.1 Å². The zero-order valence-corrected chi connectivity index (χ0v) is 20.8. The molecule has 0 radical (unpaired) electrons. The van der Waals surface area contributed by atoms with Gasteiger partial charge < -0.3 is 20.1 Å². The molecule has 5 rings (SSSR count). The summed E-state index contributed by atoms with van der Waals surface area (Å²) in [6.45, 7) is 3.67. The monoisotopic (exact) mass is 504 g/mol. The van der Waals surface area contributed by atoms with Crippen LogP contribution in [0.4, 0.5) is 27.5 Å². The molecule has 2 aromatic carbocycles. The van der Waals surface area contributed by atoms with Gasteiger partial charge in [-0.25, -0.2) is 9.37 Å². The largest absolute Gasteiger partial charge is 0.396 e. The maximum absolute atomic E-state index is 15.2. The number of aromatic amines is 1. The Morgan fingerprint density at radius 2 is 2.05 bits per heavy atom. The Balaban J connectivity index is 1.49. The van der Waals surface area contributed by atoms with Crippen LogP contribution >= 0.6 is 0 Å². The third-order valence-corrected chi connectivity index (χ3v) is 6.18. The van der Waals surface area contributed by atoms with Gasteiger partial charge in [-0.15, -0.1) is 0 Å². The lowest BCUT2D eigenvalue weighted by Crippen LogP contribution is -2.23. The second kappa shape index (κ2) is 10.9. The molecule has 0 aliphatic heterocycles. The number of aryl methyl sites for hydroxylation is 2. The van der Waals surface area contributed by atoms with Crippen LogP contribution in [0.1, 0.15) is 18.5 Å². The van der Waals surface area contributed by atoms with E-state index in [4.69, 9.17) is 4.74 Å². The van der Waals surface area contributed by atoms with Crippen molar-refractivity contribution in [1.82, 2.24) is 29.9 Å². The van der Waals surface area contributed by atoms with Gasteiger partial charge in [-0.1, -0.05) is 6.07 Å². The van der Waals surface area contributed by atoms with Gasteiger partial charge in [-0.3, -0.25) is 9.78 Å². The van der Waals surface area contributed by atoms with Crippen molar-refractivity contribution in [3.63, 3.8) is 0 Å². The molecule has 0 bridgehead atoms. The molecule has 11 heteroatoms. The van der Waals surface area contributed by atoms with Gasteiger partial charge in [-0.2, -0.15) is 15.2 Å². The Labute approximate surface area is 213 Å². The number of nitrogens with one attached hydrogen (secondary N) is 2. The summed E-state index contributed by atoms with van der Waals surface area (Å²) in [5.74, 6) is -0.103. The predicted molar refractivity (Wildman–Crippen MR) is 141 cm³/mol. The van der Waals surface area contributed by atoms with Crippen molar-refractivity contribution in [2.24, 2.45) is 0 Å². The van der Waals surface area contributed by atoms with E-state index in [0.29, 0.717) is 32.5 Å². The minimum Gasteiger partial charge on any atom is -0.396 e. The van der Waals surface area contributed by atoms with Crippen molar-refractivity contribution in [2.75, 3.05) is 37.1 Å². The number of hydrogen-bond acceptors (Lipinski definition) is 8. The third kappa shape index (κ3) is 5.09. The summed E-state index contributed by atoms with van der Waals surface area (Å²) in [7, 11) is 1.64. The number of methoxy groups -OCH3 is 1. The van der Waals surface area contributed by atoms with Crippen LogP contribution in [0.5, 0.6) is 0 Å². The lowest BCUT2D eigenvalue weighted by molar-refractivity contribution is 0.196. The van der Waals surface area contributed by atoms with Crippen LogP contribution in [0.15, 0.2) is 48.8 Å². The number of H-pyrrole nitrogens is 1. The first kappa shape index (κ1) is 24.6. The Bertz CT molecular complexity index is 1520. The SMILES string of the molecule is COCCCN(c1nc(Nc2ccc3c(C)nn(CCCO)c3c2)ncc1F)c1cccc2[nH]ncc12. The third-order valence-electron chi connectivity index (χ3n) is 6.18. The molecule has 0 fully saturated rings. The molecule has 3 aromatic heterocycles. The summed E-state index contributed by atoms with van der Waals surface area (Å²) in [5.41, 5.74) is 4.24. The Kier molecular flexibility index (Phi) is 7.24. The number of aliphatic hydroxyl groups is 1. The molecule has 0 unspecified atom stereocenters. The molecule has 0 saturated carbocycles. The van der Waals surface area contributed by atoms with E-state index >= 15 is 4.39 Å². The Morgan fingerprint density at radius 1 is 1.16 bits per heavy atom. The molecule has 3 N–H and O–H groups in total. The smallest absolute Gasteiger partial charge is 0.229 e. The quantitative estimate of drug-likeness (QED) is 0.226. The summed E-state index contributed by atoms with van der Waals surface area (Å²) < 4.78 is 22.3. The molecule has 0 spiro atoms. The van der Waals surface area contributed by atoms with Crippen molar-refractivity contribution in [3.05, 3.63) is 60.3 Å². The number of aromatic nitrogens is 6. The maximum Gasteiger partial charge on any atom is 0.229 e. The molecule has 0 aliphatic rings. The molecule has 10 nitrogen and oxygen atoms in total. The average Bonchev–Trinajstić information content (AvgIpc) is 3.51. The number of hydrogen-bond donors (Lipinski definition) is 3. The van der Waals surface area contributed by atoms with Gasteiger partial charge in [0.2, 0.25) is 5.95 Å². The summed E-state index contributed by atoms with van der Waals surface area (Å²) in [5, 5.41) is 26.0. The van der Waals surface area contributed by atoms with Crippen molar-refractivity contribution >= 4 is 44.9 Å². The van der Waals surface area contributed by atoms with E-state index in [0.717, 1.165) is 38.9 Å². The molecule has 37 heavy (non-hydrogen) atoms. The molecular weight excluding hydrogens is 475 g/mol. The summed E-state index contributed by atoms with van der Waals surface area (Å²) in [6.07, 6.45) is 4.19. The fourth-order valence-electron chi connectivity index (χ4n) is 4.44. The van der Waals surface area contributed by atoms with E-state index in [9.17, 15) is 5.11 Å².